The molecule has 11 aromatic rings. The van der Waals surface area contributed by atoms with Gasteiger partial charge in [0.15, 0.2) is 34.9 Å². The van der Waals surface area contributed by atoms with E-state index in [0.717, 1.165) is 66.1 Å². The summed E-state index contributed by atoms with van der Waals surface area (Å²) in [4.78, 5) is 38.6. The zero-order chi connectivity index (χ0) is 41.2. The van der Waals surface area contributed by atoms with Gasteiger partial charge in [0.1, 0.15) is 11.4 Å². The van der Waals surface area contributed by atoms with Gasteiger partial charge >= 0.3 is 0 Å². The van der Waals surface area contributed by atoms with E-state index < -0.39 is 0 Å². The molecule has 0 unspecified atom stereocenters. The monoisotopic (exact) mass is 794 g/mol. The lowest BCUT2D eigenvalue weighted by molar-refractivity contribution is 1.05. The molecule has 0 spiro atoms. The molecule has 0 radical (unpaired) electrons. The molecule has 0 atom stereocenters. The van der Waals surface area contributed by atoms with E-state index in [1.807, 2.05) is 97.1 Å². The lowest BCUT2D eigenvalue weighted by Crippen LogP contribution is -2.01. The van der Waals surface area contributed by atoms with Crippen LogP contribution in [0.3, 0.4) is 0 Å². The van der Waals surface area contributed by atoms with Gasteiger partial charge in [0, 0.05) is 34.6 Å². The second-order valence-electron chi connectivity index (χ2n) is 14.8. The number of aromatic nitrogens is 8. The molecule has 62 heavy (non-hydrogen) atoms. The molecule has 0 amide bonds. The molecule has 0 aliphatic heterocycles. The summed E-state index contributed by atoms with van der Waals surface area (Å²) in [7, 11) is 0. The van der Waals surface area contributed by atoms with Crippen molar-refractivity contribution in [2.24, 2.45) is 0 Å². The zero-order valence-electron chi connectivity index (χ0n) is 33.2. The summed E-state index contributed by atoms with van der Waals surface area (Å²) < 4.78 is 0. The lowest BCUT2D eigenvalue weighted by atomic mass is 9.85. The molecule has 8 nitrogen and oxygen atoms in total. The molecule has 0 saturated heterocycles. The maximum Gasteiger partial charge on any atom is 0.182 e. The maximum atomic E-state index is 5.04. The van der Waals surface area contributed by atoms with Gasteiger partial charge in [0.25, 0.3) is 0 Å². The third-order valence-corrected chi connectivity index (χ3v) is 10.9. The van der Waals surface area contributed by atoms with Crippen molar-refractivity contribution < 1.29 is 0 Å². The highest BCUT2D eigenvalue weighted by Crippen LogP contribution is 2.44. The van der Waals surface area contributed by atoms with E-state index in [9.17, 15) is 0 Å². The summed E-state index contributed by atoms with van der Waals surface area (Å²) in [6.45, 7) is 0. The van der Waals surface area contributed by atoms with Crippen molar-refractivity contribution in [3.05, 3.63) is 207 Å². The Morgan fingerprint density at radius 2 is 0.565 bits per heavy atom. The number of rotatable bonds is 8. The molecule has 290 valence electrons. The third kappa shape index (κ3) is 6.91. The fourth-order valence-corrected chi connectivity index (χ4v) is 8.01. The Kier molecular flexibility index (Phi) is 9.33. The third-order valence-electron chi connectivity index (χ3n) is 10.9. The van der Waals surface area contributed by atoms with Crippen LogP contribution < -0.4 is 0 Å². The molecule has 0 N–H and O–H groups in total. The molecular formula is C54H34N8. The maximum absolute atomic E-state index is 5.04. The minimum atomic E-state index is 0.487. The highest BCUT2D eigenvalue weighted by Gasteiger charge is 2.19. The molecule has 0 aliphatic rings. The Labute approximate surface area is 357 Å². The van der Waals surface area contributed by atoms with Gasteiger partial charge in [-0.1, -0.05) is 164 Å². The molecule has 0 bridgehead atoms. The van der Waals surface area contributed by atoms with Crippen LogP contribution in [0.4, 0.5) is 0 Å². The largest absolute Gasteiger partial charge is 0.253 e. The highest BCUT2D eigenvalue weighted by molar-refractivity contribution is 6.21. The van der Waals surface area contributed by atoms with Gasteiger partial charge in [-0.15, -0.1) is 0 Å². The van der Waals surface area contributed by atoms with E-state index >= 15 is 0 Å². The quantitative estimate of drug-likeness (QED) is 0.140. The van der Waals surface area contributed by atoms with Gasteiger partial charge in [-0.25, -0.2) is 29.9 Å². The van der Waals surface area contributed by atoms with Crippen LogP contribution in [-0.4, -0.2) is 39.9 Å². The van der Waals surface area contributed by atoms with E-state index in [-0.39, 0.29) is 0 Å². The van der Waals surface area contributed by atoms with Crippen LogP contribution in [0.2, 0.25) is 0 Å². The number of hydrogen-bond donors (Lipinski definition) is 0. The first-order valence-corrected chi connectivity index (χ1v) is 20.3. The molecule has 4 aromatic heterocycles. The van der Waals surface area contributed by atoms with Crippen molar-refractivity contribution in [2.45, 2.75) is 0 Å². The van der Waals surface area contributed by atoms with Crippen molar-refractivity contribution in [3.63, 3.8) is 0 Å². The summed E-state index contributed by atoms with van der Waals surface area (Å²) >= 11 is 0. The Hall–Kier alpha value is -8.62. The average Bonchev–Trinajstić information content (AvgIpc) is 3.36. The fraction of sp³-hybridized carbons (Fsp3) is 0. The highest BCUT2D eigenvalue weighted by atomic mass is 15.1. The summed E-state index contributed by atoms with van der Waals surface area (Å²) in [5, 5.41) is 4.58. The lowest BCUT2D eigenvalue weighted by Gasteiger charge is -2.18. The average molecular weight is 795 g/mol. The van der Waals surface area contributed by atoms with E-state index in [0.29, 0.717) is 46.3 Å². The van der Waals surface area contributed by atoms with Crippen LogP contribution in [0, 0.1) is 0 Å². The Morgan fingerprint density at radius 1 is 0.226 bits per heavy atom. The van der Waals surface area contributed by atoms with Gasteiger partial charge in [-0.05, 0) is 74.1 Å². The number of fused-ring (bicyclic) bond motifs is 2. The van der Waals surface area contributed by atoms with E-state index in [1.165, 1.54) is 0 Å². The summed E-state index contributed by atoms with van der Waals surface area (Å²) in [6, 6.07) is 65.9. The van der Waals surface area contributed by atoms with Crippen LogP contribution in [0.15, 0.2) is 207 Å². The Bertz CT molecular complexity index is 3210. The molecule has 7 aromatic carbocycles. The van der Waals surface area contributed by atoms with Crippen molar-refractivity contribution >= 4 is 21.5 Å². The minimum absolute atomic E-state index is 0.487. The smallest absolute Gasteiger partial charge is 0.182 e. The van der Waals surface area contributed by atoms with Crippen LogP contribution in [-0.2, 0) is 0 Å². The van der Waals surface area contributed by atoms with Crippen molar-refractivity contribution in [2.75, 3.05) is 0 Å². The van der Waals surface area contributed by atoms with Crippen LogP contribution in [0.25, 0.3) is 112 Å². The van der Waals surface area contributed by atoms with Crippen LogP contribution >= 0.6 is 0 Å². The van der Waals surface area contributed by atoms with Gasteiger partial charge < -0.3 is 0 Å². The van der Waals surface area contributed by atoms with Gasteiger partial charge in [-0.2, -0.15) is 0 Å². The summed E-state index contributed by atoms with van der Waals surface area (Å²) in [6.07, 6.45) is 3.48. The Balaban J connectivity index is 1.03. The zero-order valence-corrected chi connectivity index (χ0v) is 33.2. The SMILES string of the molecule is c1ccc(-c2nc(-c3ccccc3)nc(-c3cccc(-c4c5ccccc5c(-c5ccc(-c6nc(-c7ccccn7)nc(-c7ccccn7)n6)cc5)c5ccccc45)c3)n2)cc1. The molecule has 4 heterocycles. The molecule has 8 heteroatoms. The number of nitrogens with zero attached hydrogens (tertiary/aromatic N) is 8. The topological polar surface area (TPSA) is 103 Å². The predicted octanol–water partition coefficient (Wildman–Crippen LogP) is 12.5. The van der Waals surface area contributed by atoms with Crippen molar-refractivity contribution in [1.29, 1.82) is 0 Å². The Morgan fingerprint density at radius 3 is 1.03 bits per heavy atom. The standard InChI is InChI=1S/C54H34N8/c1-3-16-36(17-4-1)49-57-50(37-18-5-2-6-19-37)59-52(58-49)40-21-15-20-39(34-40)48-43-24-9-7-22-41(43)47(42-23-8-10-25-44(42)48)35-28-30-38(31-29-35)51-60-53(45-26-11-13-32-55-45)62-54(61-51)46-27-12-14-33-56-46/h1-34H. The number of hydrogen-bond acceptors (Lipinski definition) is 8. The van der Waals surface area contributed by atoms with Crippen molar-refractivity contribution in [3.8, 4) is 90.8 Å². The van der Waals surface area contributed by atoms with Gasteiger partial charge in [0.05, 0.1) is 0 Å². The van der Waals surface area contributed by atoms with Crippen molar-refractivity contribution in [1.82, 2.24) is 39.9 Å². The second-order valence-corrected chi connectivity index (χ2v) is 14.8. The molecule has 11 rings (SSSR count). The van der Waals surface area contributed by atoms with E-state index in [2.05, 4.69) is 107 Å². The van der Waals surface area contributed by atoms with E-state index in [4.69, 9.17) is 29.9 Å². The summed E-state index contributed by atoms with van der Waals surface area (Å²) in [5.74, 6) is 3.39. The predicted molar refractivity (Wildman–Crippen MR) is 247 cm³/mol. The molecular weight excluding hydrogens is 761 g/mol. The molecule has 0 saturated carbocycles. The van der Waals surface area contributed by atoms with E-state index in [1.54, 1.807) is 12.4 Å². The molecule has 0 fully saturated rings. The molecule has 0 aliphatic carbocycles. The van der Waals surface area contributed by atoms with Gasteiger partial charge in [-0.3, -0.25) is 9.97 Å². The fourth-order valence-electron chi connectivity index (χ4n) is 8.01. The number of benzene rings is 7. The second kappa shape index (κ2) is 15.9. The van der Waals surface area contributed by atoms with Crippen LogP contribution in [0.5, 0.6) is 0 Å². The first-order chi connectivity index (χ1) is 30.7. The van der Waals surface area contributed by atoms with Crippen LogP contribution in [0.1, 0.15) is 0 Å². The summed E-state index contributed by atoms with van der Waals surface area (Å²) in [5.41, 5.74) is 9.40. The first-order valence-electron chi connectivity index (χ1n) is 20.3. The normalized spacial score (nSPS) is 11.2. The number of pyridine rings is 2. The van der Waals surface area contributed by atoms with Gasteiger partial charge in [0.2, 0.25) is 0 Å². The minimum Gasteiger partial charge on any atom is -0.253 e. The first kappa shape index (κ1) is 36.5.